The van der Waals surface area contributed by atoms with E-state index in [9.17, 15) is 5.11 Å². The Morgan fingerprint density at radius 3 is 2.05 bits per heavy atom. The van der Waals surface area contributed by atoms with Crippen LogP contribution in [0.4, 0.5) is 5.69 Å². The average molecular weight is 300 g/mol. The molecule has 0 saturated heterocycles. The van der Waals surface area contributed by atoms with E-state index in [0.29, 0.717) is 18.4 Å². The molecule has 1 aromatic carbocycles. The van der Waals surface area contributed by atoms with Crippen molar-refractivity contribution in [2.24, 2.45) is 0 Å². The van der Waals surface area contributed by atoms with E-state index in [1.165, 1.54) is 16.8 Å². The average Bonchev–Trinajstić information content (AvgIpc) is 2.83. The first-order valence-electron chi connectivity index (χ1n) is 8.04. The number of benzene rings is 1. The van der Waals surface area contributed by atoms with Gasteiger partial charge in [0.1, 0.15) is 0 Å². The monoisotopic (exact) mass is 300 g/mol. The highest BCUT2D eigenvalue weighted by Gasteiger charge is 2.26. The molecule has 120 valence electrons. The topological polar surface area (TPSA) is 26.7 Å². The molecule has 1 N–H and O–H groups in total. The van der Waals surface area contributed by atoms with Gasteiger partial charge in [0.15, 0.2) is 0 Å². The molecule has 1 heterocycles. The van der Waals surface area contributed by atoms with Gasteiger partial charge in [-0.15, -0.1) is 0 Å². The van der Waals surface area contributed by atoms with Gasteiger partial charge in [0.05, 0.1) is 11.3 Å². The molecule has 1 aliphatic heterocycles. The van der Waals surface area contributed by atoms with E-state index < -0.39 is 5.60 Å². The molecule has 0 unspecified atom stereocenters. The van der Waals surface area contributed by atoms with E-state index in [1.807, 2.05) is 31.1 Å². The summed E-state index contributed by atoms with van der Waals surface area (Å²) in [5.74, 6) is 0.902. The Bertz CT molecular complexity index is 515. The Labute approximate surface area is 135 Å². The molecule has 3 heteroatoms. The van der Waals surface area contributed by atoms with Gasteiger partial charge < -0.3 is 14.9 Å². The first-order chi connectivity index (χ1) is 10.2. The van der Waals surface area contributed by atoms with E-state index in [-0.39, 0.29) is 0 Å². The molecule has 0 aromatic heterocycles. The number of β-amino-alcohol motifs (C(OH)–C–C–N with tert-alkyl or cyclic N) is 1. The standard InChI is InChI=1S/C19H28N2O/c1-14(2)16-8-7-9-17(15(3)4)18(16)21-11-10-20(13-21)12-19(5,6)22/h7-11,14-15,22H,12H2,1-6H3. The molecule has 2 radical (unpaired) electrons. The van der Waals surface area contributed by atoms with Crippen LogP contribution >= 0.6 is 0 Å². The first-order valence-corrected chi connectivity index (χ1v) is 8.04. The minimum Gasteiger partial charge on any atom is -0.389 e. The molecule has 0 atom stereocenters. The smallest absolute Gasteiger partial charge is 0.212 e. The fraction of sp³-hybridized carbons (Fsp3) is 0.526. The van der Waals surface area contributed by atoms with Crippen molar-refractivity contribution in [1.29, 1.82) is 0 Å². The summed E-state index contributed by atoms with van der Waals surface area (Å²) in [4.78, 5) is 3.98. The summed E-state index contributed by atoms with van der Waals surface area (Å²) in [6, 6.07) is 6.53. The zero-order valence-corrected chi connectivity index (χ0v) is 14.6. The minimum absolute atomic E-state index is 0.451. The van der Waals surface area contributed by atoms with Gasteiger partial charge in [-0.05, 0) is 36.8 Å². The number of hydrogen-bond donors (Lipinski definition) is 1. The third-order valence-corrected chi connectivity index (χ3v) is 3.77. The van der Waals surface area contributed by atoms with Gasteiger partial charge in [0.2, 0.25) is 6.67 Å². The maximum atomic E-state index is 9.99. The molecule has 0 amide bonds. The van der Waals surface area contributed by atoms with Crippen molar-refractivity contribution in [3.05, 3.63) is 48.4 Å². The largest absolute Gasteiger partial charge is 0.389 e. The fourth-order valence-electron chi connectivity index (χ4n) is 2.77. The number of aliphatic hydroxyl groups is 1. The molecule has 1 aliphatic rings. The van der Waals surface area contributed by atoms with Gasteiger partial charge in [-0.25, -0.2) is 0 Å². The van der Waals surface area contributed by atoms with Gasteiger partial charge in [0.25, 0.3) is 0 Å². The molecule has 0 spiro atoms. The Balaban J connectivity index is 2.31. The van der Waals surface area contributed by atoms with Crippen LogP contribution in [0.15, 0.2) is 30.6 Å². The van der Waals surface area contributed by atoms with Crippen molar-refractivity contribution >= 4 is 5.69 Å². The van der Waals surface area contributed by atoms with Crippen molar-refractivity contribution in [1.82, 2.24) is 4.90 Å². The second-order valence-corrected chi connectivity index (χ2v) is 7.30. The van der Waals surface area contributed by atoms with Crippen molar-refractivity contribution in [2.75, 3.05) is 11.4 Å². The van der Waals surface area contributed by atoms with Crippen LogP contribution in [0.5, 0.6) is 0 Å². The van der Waals surface area contributed by atoms with Gasteiger partial charge in [-0.3, -0.25) is 0 Å². The summed E-state index contributed by atoms with van der Waals surface area (Å²) >= 11 is 0. The molecule has 0 saturated carbocycles. The number of nitrogens with zero attached hydrogens (tertiary/aromatic N) is 2. The molecule has 3 nitrogen and oxygen atoms in total. The van der Waals surface area contributed by atoms with Crippen molar-refractivity contribution in [2.45, 2.75) is 59.0 Å². The second kappa shape index (κ2) is 6.33. The van der Waals surface area contributed by atoms with E-state index >= 15 is 0 Å². The lowest BCUT2D eigenvalue weighted by molar-refractivity contribution is 0.0584. The van der Waals surface area contributed by atoms with Crippen molar-refractivity contribution < 1.29 is 5.11 Å². The normalized spacial score (nSPS) is 15.5. The molecule has 0 bridgehead atoms. The van der Waals surface area contributed by atoms with Crippen LogP contribution in [-0.2, 0) is 0 Å². The van der Waals surface area contributed by atoms with Crippen LogP contribution in [0, 0.1) is 6.67 Å². The van der Waals surface area contributed by atoms with Gasteiger partial charge in [-0.2, -0.15) is 0 Å². The molecular formula is C19H28N2O. The summed E-state index contributed by atoms with van der Waals surface area (Å²) in [6.45, 7) is 16.4. The Hall–Kier alpha value is -1.48. The molecular weight excluding hydrogens is 272 g/mol. The van der Waals surface area contributed by atoms with Gasteiger partial charge >= 0.3 is 0 Å². The number of anilines is 1. The van der Waals surface area contributed by atoms with E-state index in [0.717, 1.165) is 0 Å². The van der Waals surface area contributed by atoms with Crippen LogP contribution in [0.1, 0.15) is 64.5 Å². The molecule has 2 rings (SSSR count). The highest BCUT2D eigenvalue weighted by atomic mass is 16.3. The third-order valence-electron chi connectivity index (χ3n) is 3.77. The quantitative estimate of drug-likeness (QED) is 0.878. The Kier molecular flexibility index (Phi) is 4.86. The fourth-order valence-corrected chi connectivity index (χ4v) is 2.77. The zero-order chi connectivity index (χ0) is 16.5. The van der Waals surface area contributed by atoms with E-state index in [2.05, 4.69) is 57.5 Å². The lowest BCUT2D eigenvalue weighted by Gasteiger charge is -2.29. The van der Waals surface area contributed by atoms with Crippen LogP contribution in [0.2, 0.25) is 0 Å². The SMILES string of the molecule is CC(C)c1cccc(C(C)C)c1N1[C]N(CC(C)(C)O)C=C1. The van der Waals surface area contributed by atoms with Crippen LogP contribution < -0.4 is 4.90 Å². The van der Waals surface area contributed by atoms with Gasteiger partial charge in [-0.1, -0.05) is 45.9 Å². The zero-order valence-electron chi connectivity index (χ0n) is 14.6. The lowest BCUT2D eigenvalue weighted by Crippen LogP contribution is -2.35. The predicted molar refractivity (Wildman–Crippen MR) is 92.5 cm³/mol. The maximum Gasteiger partial charge on any atom is 0.212 e. The molecule has 0 fully saturated rings. The number of rotatable bonds is 5. The Morgan fingerprint density at radius 1 is 1.05 bits per heavy atom. The lowest BCUT2D eigenvalue weighted by atomic mass is 9.92. The summed E-state index contributed by atoms with van der Waals surface area (Å²) in [5, 5.41) is 9.99. The highest BCUT2D eigenvalue weighted by Crippen LogP contribution is 2.37. The minimum atomic E-state index is -0.744. The van der Waals surface area contributed by atoms with Gasteiger partial charge in [0, 0.05) is 18.9 Å². The maximum absolute atomic E-state index is 9.99. The van der Waals surface area contributed by atoms with Crippen LogP contribution in [-0.4, -0.2) is 22.2 Å². The second-order valence-electron chi connectivity index (χ2n) is 7.30. The van der Waals surface area contributed by atoms with E-state index in [1.54, 1.807) is 0 Å². The number of para-hydroxylation sites is 1. The Morgan fingerprint density at radius 2 is 1.59 bits per heavy atom. The third kappa shape index (κ3) is 3.83. The van der Waals surface area contributed by atoms with Crippen molar-refractivity contribution in [3.63, 3.8) is 0 Å². The summed E-state index contributed by atoms with van der Waals surface area (Å²) in [6.07, 6.45) is 4.00. The van der Waals surface area contributed by atoms with Crippen LogP contribution in [0.25, 0.3) is 0 Å². The molecule has 22 heavy (non-hydrogen) atoms. The highest BCUT2D eigenvalue weighted by molar-refractivity contribution is 5.65. The summed E-state index contributed by atoms with van der Waals surface area (Å²) < 4.78 is 0. The van der Waals surface area contributed by atoms with E-state index in [4.69, 9.17) is 0 Å². The van der Waals surface area contributed by atoms with Crippen molar-refractivity contribution in [3.8, 4) is 0 Å². The summed E-state index contributed by atoms with van der Waals surface area (Å²) in [7, 11) is 0. The summed E-state index contributed by atoms with van der Waals surface area (Å²) in [5.41, 5.74) is 3.13. The molecule has 0 aliphatic carbocycles. The first kappa shape index (κ1) is 16.9. The van der Waals surface area contributed by atoms with Crippen LogP contribution in [0.3, 0.4) is 0 Å². The number of hydrogen-bond acceptors (Lipinski definition) is 3. The predicted octanol–water partition coefficient (Wildman–Crippen LogP) is 4.29. The molecule has 1 aromatic rings.